The first kappa shape index (κ1) is 18.0. The summed E-state index contributed by atoms with van der Waals surface area (Å²) in [5, 5.41) is 17.9. The molecule has 142 valence electrons. The van der Waals surface area contributed by atoms with Gasteiger partial charge in [0.1, 0.15) is 17.9 Å². The van der Waals surface area contributed by atoms with Gasteiger partial charge in [-0.3, -0.25) is 4.90 Å². The molecule has 2 fully saturated rings. The smallest absolute Gasteiger partial charge is 0.245 e. The minimum absolute atomic E-state index is 0.0527. The molecule has 2 aliphatic rings. The first-order valence-electron chi connectivity index (χ1n) is 9.54. The maximum Gasteiger partial charge on any atom is 0.245 e. The Hall–Kier alpha value is -2.43. The first-order valence-corrected chi connectivity index (χ1v) is 9.54. The topological polar surface area (TPSA) is 84.4 Å². The lowest BCUT2D eigenvalue weighted by Crippen LogP contribution is -2.33. The Morgan fingerprint density at radius 1 is 1.22 bits per heavy atom. The molecule has 0 unspecified atom stereocenters. The Bertz CT molecular complexity index is 823. The standard InChI is InChI=1S/C20H24N4O3/c1-25-17-8-7-14(11-15(17)12-21)13-24-9-3-2-5-16(24)19-22-23-20(27-19)18-6-4-10-26-18/h7-8,11,16,18H,2-6,9-10,13H2,1H3/t16-,18+/m0/s1. The van der Waals surface area contributed by atoms with E-state index in [1.54, 1.807) is 7.11 Å². The van der Waals surface area contributed by atoms with Crippen LogP contribution in [0.1, 0.15) is 67.2 Å². The molecule has 7 heteroatoms. The van der Waals surface area contributed by atoms with Crippen LogP contribution in [0.2, 0.25) is 0 Å². The molecule has 0 bridgehead atoms. The largest absolute Gasteiger partial charge is 0.495 e. The van der Waals surface area contributed by atoms with Gasteiger partial charge in [-0.25, -0.2) is 0 Å². The van der Waals surface area contributed by atoms with Gasteiger partial charge >= 0.3 is 0 Å². The van der Waals surface area contributed by atoms with Crippen molar-refractivity contribution in [2.24, 2.45) is 0 Å². The Kier molecular flexibility index (Phi) is 5.37. The summed E-state index contributed by atoms with van der Waals surface area (Å²) >= 11 is 0. The molecular formula is C20H24N4O3. The minimum atomic E-state index is -0.0527. The molecule has 2 aromatic rings. The molecule has 0 aliphatic carbocycles. The zero-order valence-corrected chi connectivity index (χ0v) is 15.6. The van der Waals surface area contributed by atoms with Crippen molar-refractivity contribution in [2.75, 3.05) is 20.3 Å². The van der Waals surface area contributed by atoms with E-state index >= 15 is 0 Å². The highest BCUT2D eigenvalue weighted by Crippen LogP contribution is 2.34. The van der Waals surface area contributed by atoms with E-state index in [1.807, 2.05) is 18.2 Å². The quantitative estimate of drug-likeness (QED) is 0.798. The Morgan fingerprint density at radius 3 is 2.89 bits per heavy atom. The van der Waals surface area contributed by atoms with Crippen molar-refractivity contribution in [3.05, 3.63) is 41.1 Å². The first-order chi connectivity index (χ1) is 13.3. The van der Waals surface area contributed by atoms with E-state index in [4.69, 9.17) is 13.9 Å². The Labute approximate surface area is 158 Å². The molecule has 2 saturated heterocycles. The highest BCUT2D eigenvalue weighted by atomic mass is 16.5. The highest BCUT2D eigenvalue weighted by molar-refractivity contribution is 5.45. The van der Waals surface area contributed by atoms with E-state index in [9.17, 15) is 5.26 Å². The van der Waals surface area contributed by atoms with Gasteiger partial charge in [0.15, 0.2) is 0 Å². The third-order valence-electron chi connectivity index (χ3n) is 5.33. The number of hydrogen-bond donors (Lipinski definition) is 0. The molecular weight excluding hydrogens is 344 g/mol. The van der Waals surface area contributed by atoms with Crippen LogP contribution < -0.4 is 4.74 Å². The van der Waals surface area contributed by atoms with Crippen molar-refractivity contribution >= 4 is 0 Å². The predicted octanol–water partition coefficient (Wildman–Crippen LogP) is 3.53. The molecule has 4 rings (SSSR count). The fourth-order valence-corrected chi connectivity index (χ4v) is 3.92. The van der Waals surface area contributed by atoms with Crippen molar-refractivity contribution in [2.45, 2.75) is 50.8 Å². The van der Waals surface area contributed by atoms with E-state index in [2.05, 4.69) is 21.2 Å². The van der Waals surface area contributed by atoms with Crippen LogP contribution in [0.25, 0.3) is 0 Å². The van der Waals surface area contributed by atoms with Crippen molar-refractivity contribution in [1.29, 1.82) is 5.26 Å². The molecule has 2 atom stereocenters. The van der Waals surface area contributed by atoms with Crippen molar-refractivity contribution in [1.82, 2.24) is 15.1 Å². The molecule has 0 saturated carbocycles. The zero-order valence-electron chi connectivity index (χ0n) is 15.6. The van der Waals surface area contributed by atoms with Gasteiger partial charge in [-0.15, -0.1) is 10.2 Å². The molecule has 0 N–H and O–H groups in total. The average molecular weight is 368 g/mol. The fraction of sp³-hybridized carbons (Fsp3) is 0.550. The highest BCUT2D eigenvalue weighted by Gasteiger charge is 2.31. The molecule has 1 aromatic heterocycles. The number of likely N-dealkylation sites (tertiary alicyclic amines) is 1. The second kappa shape index (κ2) is 8.07. The summed E-state index contributed by atoms with van der Waals surface area (Å²) in [7, 11) is 1.58. The predicted molar refractivity (Wildman–Crippen MR) is 96.9 cm³/mol. The van der Waals surface area contributed by atoms with Gasteiger partial charge in [0.05, 0.1) is 18.7 Å². The number of ether oxygens (including phenoxy) is 2. The maximum atomic E-state index is 9.33. The summed E-state index contributed by atoms with van der Waals surface area (Å²) in [6, 6.07) is 8.07. The number of benzene rings is 1. The summed E-state index contributed by atoms with van der Waals surface area (Å²) in [6.07, 6.45) is 5.21. The van der Waals surface area contributed by atoms with Crippen molar-refractivity contribution in [3.63, 3.8) is 0 Å². The third kappa shape index (κ3) is 3.82. The van der Waals surface area contributed by atoms with Gasteiger partial charge in [-0.1, -0.05) is 12.5 Å². The summed E-state index contributed by atoms with van der Waals surface area (Å²) in [5.41, 5.74) is 1.64. The molecule has 0 spiro atoms. The number of aromatic nitrogens is 2. The van der Waals surface area contributed by atoms with Gasteiger partial charge in [-0.05, 0) is 49.9 Å². The SMILES string of the molecule is COc1ccc(CN2CCCC[C@H]2c2nnc([C@H]3CCCO3)o2)cc1C#N. The van der Waals surface area contributed by atoms with Crippen LogP contribution in [-0.4, -0.2) is 35.4 Å². The third-order valence-corrected chi connectivity index (χ3v) is 5.33. The maximum absolute atomic E-state index is 9.33. The Morgan fingerprint density at radius 2 is 2.11 bits per heavy atom. The number of piperidine rings is 1. The van der Waals surface area contributed by atoms with Crippen LogP contribution in [0.5, 0.6) is 5.75 Å². The molecule has 0 amide bonds. The van der Waals surface area contributed by atoms with Crippen LogP contribution in [0.3, 0.4) is 0 Å². The second-order valence-corrected chi connectivity index (χ2v) is 7.11. The van der Waals surface area contributed by atoms with Gasteiger partial charge < -0.3 is 13.9 Å². The lowest BCUT2D eigenvalue weighted by Gasteiger charge is -2.33. The van der Waals surface area contributed by atoms with Gasteiger partial charge in [0.25, 0.3) is 0 Å². The second-order valence-electron chi connectivity index (χ2n) is 7.11. The normalized spacial score (nSPS) is 23.3. The molecule has 7 nitrogen and oxygen atoms in total. The van der Waals surface area contributed by atoms with E-state index in [0.29, 0.717) is 23.1 Å². The summed E-state index contributed by atoms with van der Waals surface area (Å²) < 4.78 is 16.9. The van der Waals surface area contributed by atoms with E-state index in [0.717, 1.165) is 57.4 Å². The van der Waals surface area contributed by atoms with Crippen LogP contribution in [0.4, 0.5) is 0 Å². The van der Waals surface area contributed by atoms with Crippen molar-refractivity contribution < 1.29 is 13.9 Å². The number of hydrogen-bond acceptors (Lipinski definition) is 7. The minimum Gasteiger partial charge on any atom is -0.495 e. The lowest BCUT2D eigenvalue weighted by molar-refractivity contribution is 0.0795. The lowest BCUT2D eigenvalue weighted by atomic mass is 10.0. The Balaban J connectivity index is 1.52. The zero-order chi connectivity index (χ0) is 18.6. The van der Waals surface area contributed by atoms with E-state index in [1.165, 1.54) is 0 Å². The van der Waals surface area contributed by atoms with Crippen LogP contribution in [0, 0.1) is 11.3 Å². The van der Waals surface area contributed by atoms with Crippen LogP contribution in [0.15, 0.2) is 22.6 Å². The average Bonchev–Trinajstić information content (AvgIpc) is 3.40. The van der Waals surface area contributed by atoms with E-state index in [-0.39, 0.29) is 12.1 Å². The monoisotopic (exact) mass is 368 g/mol. The van der Waals surface area contributed by atoms with Crippen molar-refractivity contribution in [3.8, 4) is 11.8 Å². The molecule has 27 heavy (non-hydrogen) atoms. The number of rotatable bonds is 5. The molecule has 2 aliphatic heterocycles. The van der Waals surface area contributed by atoms with E-state index < -0.39 is 0 Å². The van der Waals surface area contributed by atoms with Crippen LogP contribution >= 0.6 is 0 Å². The molecule has 1 aromatic carbocycles. The van der Waals surface area contributed by atoms with Gasteiger partial charge in [0, 0.05) is 13.2 Å². The summed E-state index contributed by atoms with van der Waals surface area (Å²) in [5.74, 6) is 1.88. The van der Waals surface area contributed by atoms with Gasteiger partial charge in [0.2, 0.25) is 11.8 Å². The summed E-state index contributed by atoms with van der Waals surface area (Å²) in [4.78, 5) is 2.36. The van der Waals surface area contributed by atoms with Crippen LogP contribution in [-0.2, 0) is 11.3 Å². The summed E-state index contributed by atoms with van der Waals surface area (Å²) in [6.45, 7) is 2.47. The van der Waals surface area contributed by atoms with Gasteiger partial charge in [-0.2, -0.15) is 5.26 Å². The number of nitrogens with zero attached hydrogens (tertiary/aromatic N) is 4. The fourth-order valence-electron chi connectivity index (χ4n) is 3.92. The number of methoxy groups -OCH3 is 1. The molecule has 3 heterocycles. The molecule has 0 radical (unpaired) electrons. The number of nitriles is 1.